The third kappa shape index (κ3) is 2.79. The van der Waals surface area contributed by atoms with Crippen molar-refractivity contribution in [2.45, 2.75) is 38.8 Å². The quantitative estimate of drug-likeness (QED) is 0.659. The highest BCUT2D eigenvalue weighted by Gasteiger charge is 2.22. The molecule has 1 fully saturated rings. The number of nitro benzene ring substituents is 1. The molecule has 0 amide bonds. The lowest BCUT2D eigenvalue weighted by molar-refractivity contribution is -0.385. The average Bonchev–Trinajstić information content (AvgIpc) is 2.81. The Labute approximate surface area is 106 Å². The molecular weight excluding hydrogens is 232 g/mol. The van der Waals surface area contributed by atoms with Crippen LogP contribution in [0.25, 0.3) is 0 Å². The number of hydrogen-bond acceptors (Lipinski definition) is 4. The van der Waals surface area contributed by atoms with Gasteiger partial charge in [0.15, 0.2) is 0 Å². The SMILES string of the molecule is Cc1cc(NC(C)C2CCCO2)ccc1[N+](=O)[O-]. The van der Waals surface area contributed by atoms with Crippen molar-refractivity contribution in [1.82, 2.24) is 0 Å². The summed E-state index contributed by atoms with van der Waals surface area (Å²) in [4.78, 5) is 10.4. The van der Waals surface area contributed by atoms with E-state index < -0.39 is 0 Å². The zero-order chi connectivity index (χ0) is 13.1. The number of benzene rings is 1. The predicted octanol–water partition coefficient (Wildman–Crippen LogP) is 2.88. The van der Waals surface area contributed by atoms with Crippen LogP contribution in [0.1, 0.15) is 25.3 Å². The van der Waals surface area contributed by atoms with Gasteiger partial charge >= 0.3 is 0 Å². The van der Waals surface area contributed by atoms with Crippen molar-refractivity contribution < 1.29 is 9.66 Å². The summed E-state index contributed by atoms with van der Waals surface area (Å²) in [7, 11) is 0. The van der Waals surface area contributed by atoms with Crippen LogP contribution in [-0.4, -0.2) is 23.7 Å². The summed E-state index contributed by atoms with van der Waals surface area (Å²) in [5.41, 5.74) is 1.73. The molecule has 0 spiro atoms. The molecule has 18 heavy (non-hydrogen) atoms. The number of anilines is 1. The van der Waals surface area contributed by atoms with Crippen molar-refractivity contribution >= 4 is 11.4 Å². The van der Waals surface area contributed by atoms with E-state index in [9.17, 15) is 10.1 Å². The lowest BCUT2D eigenvalue weighted by Gasteiger charge is -2.21. The fourth-order valence-corrected chi connectivity index (χ4v) is 2.30. The molecule has 1 aliphatic rings. The monoisotopic (exact) mass is 250 g/mol. The molecule has 0 radical (unpaired) electrons. The first-order chi connectivity index (χ1) is 8.58. The molecule has 2 rings (SSSR count). The number of aryl methyl sites for hydroxylation is 1. The minimum absolute atomic E-state index is 0.158. The van der Waals surface area contributed by atoms with Crippen molar-refractivity contribution in [3.05, 3.63) is 33.9 Å². The summed E-state index contributed by atoms with van der Waals surface area (Å²) in [5.74, 6) is 0. The van der Waals surface area contributed by atoms with Crippen LogP contribution < -0.4 is 5.32 Å². The Morgan fingerprint density at radius 2 is 2.33 bits per heavy atom. The van der Waals surface area contributed by atoms with Crippen LogP contribution in [0.3, 0.4) is 0 Å². The van der Waals surface area contributed by atoms with Gasteiger partial charge in [0, 0.05) is 30.0 Å². The maximum absolute atomic E-state index is 10.7. The predicted molar refractivity (Wildman–Crippen MR) is 69.9 cm³/mol. The topological polar surface area (TPSA) is 64.4 Å². The van der Waals surface area contributed by atoms with Gasteiger partial charge in [-0.25, -0.2) is 0 Å². The Hall–Kier alpha value is -1.62. The molecule has 1 aromatic carbocycles. The molecule has 1 aliphatic heterocycles. The zero-order valence-electron chi connectivity index (χ0n) is 10.7. The van der Waals surface area contributed by atoms with Crippen LogP contribution in [0.5, 0.6) is 0 Å². The number of nitrogens with zero attached hydrogens (tertiary/aromatic N) is 1. The second kappa shape index (κ2) is 5.35. The molecule has 1 aromatic rings. The lowest BCUT2D eigenvalue weighted by atomic mass is 10.1. The first-order valence-corrected chi connectivity index (χ1v) is 6.21. The van der Waals surface area contributed by atoms with Crippen molar-refractivity contribution in [3.8, 4) is 0 Å². The van der Waals surface area contributed by atoms with Gasteiger partial charge in [0.25, 0.3) is 5.69 Å². The van der Waals surface area contributed by atoms with Gasteiger partial charge in [-0.15, -0.1) is 0 Å². The zero-order valence-corrected chi connectivity index (χ0v) is 10.7. The highest BCUT2D eigenvalue weighted by Crippen LogP contribution is 2.24. The molecule has 0 aromatic heterocycles. The molecule has 1 saturated heterocycles. The van der Waals surface area contributed by atoms with E-state index in [1.807, 2.05) is 6.07 Å². The third-order valence-corrected chi connectivity index (χ3v) is 3.31. The Morgan fingerprint density at radius 3 is 2.89 bits per heavy atom. The van der Waals surface area contributed by atoms with Crippen LogP contribution in [-0.2, 0) is 4.74 Å². The standard InChI is InChI=1S/C13H18N2O3/c1-9-8-11(5-6-12(9)15(16)17)14-10(2)13-4-3-7-18-13/h5-6,8,10,13-14H,3-4,7H2,1-2H3. The Kier molecular flexibility index (Phi) is 3.81. The molecule has 2 unspecified atom stereocenters. The summed E-state index contributed by atoms with van der Waals surface area (Å²) in [6.07, 6.45) is 2.41. The maximum Gasteiger partial charge on any atom is 0.272 e. The number of rotatable bonds is 4. The third-order valence-electron chi connectivity index (χ3n) is 3.31. The van der Waals surface area contributed by atoms with Gasteiger partial charge in [-0.05, 0) is 38.8 Å². The number of nitrogens with one attached hydrogen (secondary N) is 1. The van der Waals surface area contributed by atoms with Crippen molar-refractivity contribution in [3.63, 3.8) is 0 Å². The van der Waals surface area contributed by atoms with Crippen LogP contribution in [0.15, 0.2) is 18.2 Å². The Bertz CT molecular complexity index is 442. The largest absolute Gasteiger partial charge is 0.380 e. The highest BCUT2D eigenvalue weighted by molar-refractivity contribution is 5.54. The fraction of sp³-hybridized carbons (Fsp3) is 0.538. The van der Waals surface area contributed by atoms with Crippen molar-refractivity contribution in [2.24, 2.45) is 0 Å². The van der Waals surface area contributed by atoms with Gasteiger partial charge in [-0.1, -0.05) is 0 Å². The Morgan fingerprint density at radius 1 is 1.56 bits per heavy atom. The molecule has 0 saturated carbocycles. The van der Waals surface area contributed by atoms with Crippen LogP contribution >= 0.6 is 0 Å². The second-order valence-electron chi connectivity index (χ2n) is 4.74. The van der Waals surface area contributed by atoms with Crippen molar-refractivity contribution in [2.75, 3.05) is 11.9 Å². The molecular formula is C13H18N2O3. The van der Waals surface area contributed by atoms with E-state index >= 15 is 0 Å². The first-order valence-electron chi connectivity index (χ1n) is 6.21. The van der Waals surface area contributed by atoms with E-state index in [0.717, 1.165) is 25.1 Å². The van der Waals surface area contributed by atoms with Crippen molar-refractivity contribution in [1.29, 1.82) is 0 Å². The summed E-state index contributed by atoms with van der Waals surface area (Å²) in [6.45, 7) is 4.66. The molecule has 1 N–H and O–H groups in total. The normalized spacial score (nSPS) is 20.7. The lowest BCUT2D eigenvalue weighted by Crippen LogP contribution is -2.29. The summed E-state index contributed by atoms with van der Waals surface area (Å²) < 4.78 is 5.61. The number of hydrogen-bond donors (Lipinski definition) is 1. The van der Waals surface area contributed by atoms with Gasteiger partial charge in [0.1, 0.15) is 0 Å². The van der Waals surface area contributed by atoms with Gasteiger partial charge in [0.05, 0.1) is 11.0 Å². The van der Waals surface area contributed by atoms with Gasteiger partial charge in [0.2, 0.25) is 0 Å². The smallest absolute Gasteiger partial charge is 0.272 e. The van der Waals surface area contributed by atoms with Crippen LogP contribution in [0, 0.1) is 17.0 Å². The van der Waals surface area contributed by atoms with Crippen LogP contribution in [0.2, 0.25) is 0 Å². The van der Waals surface area contributed by atoms with Gasteiger partial charge in [-0.3, -0.25) is 10.1 Å². The maximum atomic E-state index is 10.7. The molecule has 1 heterocycles. The minimum Gasteiger partial charge on any atom is -0.380 e. The summed E-state index contributed by atoms with van der Waals surface area (Å²) >= 11 is 0. The average molecular weight is 250 g/mol. The molecule has 5 nitrogen and oxygen atoms in total. The first kappa shape index (κ1) is 12.8. The Balaban J connectivity index is 2.05. The summed E-state index contributed by atoms with van der Waals surface area (Å²) in [6, 6.07) is 5.31. The second-order valence-corrected chi connectivity index (χ2v) is 4.74. The van der Waals surface area contributed by atoms with E-state index in [-0.39, 0.29) is 22.8 Å². The van der Waals surface area contributed by atoms with E-state index in [4.69, 9.17) is 4.74 Å². The molecule has 98 valence electrons. The molecule has 0 bridgehead atoms. The summed E-state index contributed by atoms with van der Waals surface area (Å²) in [5, 5.41) is 14.1. The van der Waals surface area contributed by atoms with Crippen LogP contribution in [0.4, 0.5) is 11.4 Å². The van der Waals surface area contributed by atoms with E-state index in [2.05, 4.69) is 12.2 Å². The number of ether oxygens (including phenoxy) is 1. The van der Waals surface area contributed by atoms with Gasteiger partial charge < -0.3 is 10.1 Å². The fourth-order valence-electron chi connectivity index (χ4n) is 2.30. The highest BCUT2D eigenvalue weighted by atomic mass is 16.6. The molecule has 5 heteroatoms. The van der Waals surface area contributed by atoms with Gasteiger partial charge in [-0.2, -0.15) is 0 Å². The number of nitro groups is 1. The van der Waals surface area contributed by atoms with E-state index in [0.29, 0.717) is 5.56 Å². The molecule has 0 aliphatic carbocycles. The van der Waals surface area contributed by atoms with E-state index in [1.54, 1.807) is 19.1 Å². The molecule has 2 atom stereocenters. The van der Waals surface area contributed by atoms with E-state index in [1.165, 1.54) is 0 Å². The minimum atomic E-state index is -0.359.